The number of aliphatic carboxylic acids is 2. The first kappa shape index (κ1) is 34.5. The van der Waals surface area contributed by atoms with E-state index in [9.17, 15) is 19.8 Å². The molecule has 0 spiro atoms. The number of hydrogen-bond acceptors (Lipinski definition) is 6. The monoisotopic (exact) mass is 718 g/mol. The summed E-state index contributed by atoms with van der Waals surface area (Å²) in [5.41, 5.74) is 4.90. The van der Waals surface area contributed by atoms with E-state index in [2.05, 4.69) is 18.2 Å². The van der Waals surface area contributed by atoms with E-state index >= 15 is 0 Å². The molecule has 2 N–H and O–H groups in total. The first-order valence-corrected chi connectivity index (χ1v) is 17.7. The van der Waals surface area contributed by atoms with Crippen LogP contribution in [0.3, 0.4) is 0 Å². The fourth-order valence-corrected chi connectivity index (χ4v) is 8.30. The first-order valence-electron chi connectivity index (χ1n) is 17.7. The minimum atomic E-state index is -1.40. The maximum Gasteiger partial charge on any atom is 0.336 e. The number of carboxylic acid groups (broad SMARTS) is 2. The molecule has 8 rings (SSSR count). The lowest BCUT2D eigenvalue weighted by Gasteiger charge is -2.40. The van der Waals surface area contributed by atoms with E-state index < -0.39 is 23.0 Å². The van der Waals surface area contributed by atoms with Gasteiger partial charge in [-0.1, -0.05) is 73.7 Å². The molecule has 0 saturated carbocycles. The third kappa shape index (κ3) is 5.36. The van der Waals surface area contributed by atoms with Gasteiger partial charge in [-0.2, -0.15) is 0 Å². The third-order valence-corrected chi connectivity index (χ3v) is 11.0. The van der Waals surface area contributed by atoms with Gasteiger partial charge in [0.2, 0.25) is 0 Å². The number of carbonyl (C=O) groups is 2. The minimum Gasteiger partial charge on any atom is -0.497 e. The molecular formula is C46H38O8. The molecule has 1 unspecified atom stereocenters. The number of hydrogen-bond donors (Lipinski definition) is 2. The molecule has 1 atom stereocenters. The molecule has 1 aliphatic carbocycles. The average molecular weight is 719 g/mol. The lowest BCUT2D eigenvalue weighted by molar-refractivity contribution is -0.137. The molecule has 54 heavy (non-hydrogen) atoms. The van der Waals surface area contributed by atoms with E-state index in [0.717, 1.165) is 33.2 Å². The van der Waals surface area contributed by atoms with E-state index in [4.69, 9.17) is 18.9 Å². The van der Waals surface area contributed by atoms with Gasteiger partial charge in [-0.25, -0.2) is 4.79 Å². The molecule has 2 aliphatic rings. The van der Waals surface area contributed by atoms with Crippen LogP contribution in [0.25, 0.3) is 38.6 Å². The Balaban J connectivity index is 1.49. The first-order chi connectivity index (χ1) is 26.1. The van der Waals surface area contributed by atoms with Crippen molar-refractivity contribution in [2.75, 3.05) is 21.3 Å². The summed E-state index contributed by atoms with van der Waals surface area (Å²) in [7, 11) is 4.79. The van der Waals surface area contributed by atoms with E-state index in [1.165, 1.54) is 0 Å². The van der Waals surface area contributed by atoms with Crippen LogP contribution in [0.5, 0.6) is 23.0 Å². The smallest absolute Gasteiger partial charge is 0.336 e. The zero-order valence-electron chi connectivity index (χ0n) is 30.3. The van der Waals surface area contributed by atoms with Crippen LogP contribution in [0, 0.1) is 0 Å². The molecular weight excluding hydrogens is 680 g/mol. The van der Waals surface area contributed by atoms with Gasteiger partial charge in [0.1, 0.15) is 23.0 Å². The highest BCUT2D eigenvalue weighted by Crippen LogP contribution is 2.61. The normalized spacial score (nSPS) is 16.3. The number of ether oxygens (including phenoxy) is 4. The predicted molar refractivity (Wildman–Crippen MR) is 208 cm³/mol. The van der Waals surface area contributed by atoms with E-state index in [1.54, 1.807) is 27.4 Å². The van der Waals surface area contributed by atoms with Gasteiger partial charge in [0.05, 0.1) is 26.9 Å². The Kier molecular flexibility index (Phi) is 8.41. The zero-order valence-corrected chi connectivity index (χ0v) is 30.3. The van der Waals surface area contributed by atoms with E-state index in [-0.39, 0.29) is 18.4 Å². The zero-order chi connectivity index (χ0) is 37.8. The molecule has 1 aliphatic heterocycles. The Bertz CT molecular complexity index is 2440. The fourth-order valence-electron chi connectivity index (χ4n) is 8.30. The number of benzene rings is 6. The summed E-state index contributed by atoms with van der Waals surface area (Å²) in [6.07, 6.45) is 1.77. The van der Waals surface area contributed by atoms with Crippen LogP contribution in [0.1, 0.15) is 47.6 Å². The molecule has 8 heteroatoms. The summed E-state index contributed by atoms with van der Waals surface area (Å²) < 4.78 is 24.1. The van der Waals surface area contributed by atoms with Crippen LogP contribution in [-0.4, -0.2) is 43.5 Å². The van der Waals surface area contributed by atoms with Gasteiger partial charge in [0.25, 0.3) is 0 Å². The lowest BCUT2D eigenvalue weighted by atomic mass is 9.71. The largest absolute Gasteiger partial charge is 0.497 e. The van der Waals surface area contributed by atoms with Crippen LogP contribution >= 0.6 is 0 Å². The average Bonchev–Trinajstić information content (AvgIpc) is 3.47. The second kappa shape index (κ2) is 13.1. The van der Waals surface area contributed by atoms with Crippen molar-refractivity contribution >= 4 is 28.3 Å². The molecule has 0 amide bonds. The Morgan fingerprint density at radius 2 is 1.28 bits per heavy atom. The van der Waals surface area contributed by atoms with Crippen LogP contribution in [-0.2, 0) is 20.6 Å². The van der Waals surface area contributed by atoms with Gasteiger partial charge in [-0.05, 0) is 99.8 Å². The highest BCUT2D eigenvalue weighted by Gasteiger charge is 2.49. The Labute approximate surface area is 312 Å². The Morgan fingerprint density at radius 3 is 1.85 bits per heavy atom. The molecule has 270 valence electrons. The Morgan fingerprint density at radius 1 is 0.667 bits per heavy atom. The molecule has 1 heterocycles. The van der Waals surface area contributed by atoms with Crippen LogP contribution in [0.4, 0.5) is 0 Å². The van der Waals surface area contributed by atoms with Gasteiger partial charge in [-0.15, -0.1) is 0 Å². The number of rotatable bonds is 10. The van der Waals surface area contributed by atoms with Crippen molar-refractivity contribution in [1.82, 2.24) is 0 Å². The van der Waals surface area contributed by atoms with Gasteiger partial charge in [-0.3, -0.25) is 4.79 Å². The number of fused-ring (bicyclic) bond motifs is 8. The van der Waals surface area contributed by atoms with Crippen molar-refractivity contribution in [2.24, 2.45) is 0 Å². The number of methoxy groups -OCH3 is 3. The Hall–Kier alpha value is -6.54. The summed E-state index contributed by atoms with van der Waals surface area (Å²) in [5.74, 6) is 0.203. The second-order valence-electron chi connectivity index (χ2n) is 13.9. The summed E-state index contributed by atoms with van der Waals surface area (Å²) in [4.78, 5) is 26.1. The molecule has 0 aromatic heterocycles. The van der Waals surface area contributed by atoms with Crippen molar-refractivity contribution in [1.29, 1.82) is 0 Å². The highest BCUT2D eigenvalue weighted by atomic mass is 16.5. The van der Waals surface area contributed by atoms with Crippen LogP contribution in [0.15, 0.2) is 121 Å². The van der Waals surface area contributed by atoms with Crippen LogP contribution < -0.4 is 18.9 Å². The van der Waals surface area contributed by atoms with Crippen LogP contribution in [0.2, 0.25) is 0 Å². The molecule has 6 aromatic carbocycles. The van der Waals surface area contributed by atoms with Crippen molar-refractivity contribution in [3.05, 3.63) is 149 Å². The summed E-state index contributed by atoms with van der Waals surface area (Å²) >= 11 is 0. The fraction of sp³-hybridized carbons (Fsp3) is 0.174. The predicted octanol–water partition coefficient (Wildman–Crippen LogP) is 9.49. The number of carboxylic acids is 2. The van der Waals surface area contributed by atoms with E-state index in [1.807, 2.05) is 104 Å². The maximum absolute atomic E-state index is 13.8. The summed E-state index contributed by atoms with van der Waals surface area (Å²) in [5, 5.41) is 22.9. The van der Waals surface area contributed by atoms with E-state index in [0.29, 0.717) is 50.6 Å². The van der Waals surface area contributed by atoms with Gasteiger partial charge in [0.15, 0.2) is 5.60 Å². The highest BCUT2D eigenvalue weighted by molar-refractivity contribution is 6.22. The summed E-state index contributed by atoms with van der Waals surface area (Å²) in [6.45, 7) is 2.02. The SMILES string of the molecule is COc1ccc(C2(c3ccc(OC)cc3)C=C(C(=O)O)c3c4c(c5cc(OC)ccc5c3O2)-c2ccc(-c3ccccc3)cc2C4(C)CCC(=O)O)cc1. The molecule has 0 fully saturated rings. The molecule has 0 radical (unpaired) electrons. The lowest BCUT2D eigenvalue weighted by Crippen LogP contribution is -2.37. The van der Waals surface area contributed by atoms with Crippen molar-refractivity contribution in [3.8, 4) is 45.3 Å². The van der Waals surface area contributed by atoms with Gasteiger partial charge < -0.3 is 29.2 Å². The summed E-state index contributed by atoms with van der Waals surface area (Å²) in [6, 6.07) is 36.8. The second-order valence-corrected chi connectivity index (χ2v) is 13.9. The maximum atomic E-state index is 13.8. The quantitative estimate of drug-likeness (QED) is 0.144. The van der Waals surface area contributed by atoms with Gasteiger partial charge in [0, 0.05) is 33.9 Å². The standard InChI is InChI=1S/C46H38O8/c1-45(23-22-39(47)48)38-24-28(27-8-6-5-7-9-27)10-20-35(38)40-36-25-33(53-4)19-21-34(36)43-41(42(40)45)37(44(49)50)26-46(54-43,29-11-15-31(51-2)16-12-29)30-13-17-32(52-3)18-14-30/h5-21,24-26H,22-23H2,1-4H3,(H,47,48)(H,49,50). The van der Waals surface area contributed by atoms with Crippen molar-refractivity contribution in [2.45, 2.75) is 30.8 Å². The van der Waals surface area contributed by atoms with Crippen molar-refractivity contribution < 1.29 is 38.7 Å². The van der Waals surface area contributed by atoms with Gasteiger partial charge >= 0.3 is 11.9 Å². The molecule has 0 saturated heterocycles. The topological polar surface area (TPSA) is 112 Å². The molecule has 0 bridgehead atoms. The van der Waals surface area contributed by atoms with Crippen molar-refractivity contribution in [3.63, 3.8) is 0 Å². The molecule has 8 nitrogen and oxygen atoms in total. The minimum absolute atomic E-state index is 0.0505. The molecule has 6 aromatic rings. The third-order valence-electron chi connectivity index (χ3n) is 11.0.